The van der Waals surface area contributed by atoms with Gasteiger partial charge in [-0.2, -0.15) is 0 Å². The molecule has 1 saturated heterocycles. The van der Waals surface area contributed by atoms with E-state index in [0.717, 1.165) is 50.0 Å². The monoisotopic (exact) mass is 292 g/mol. The number of piperidine rings is 1. The third-order valence-electron chi connectivity index (χ3n) is 4.19. The van der Waals surface area contributed by atoms with Crippen molar-refractivity contribution >= 4 is 5.91 Å². The number of nitrogens with one attached hydrogen (secondary N) is 1. The predicted molar refractivity (Wildman–Crippen MR) is 82.7 cm³/mol. The average molecular weight is 292 g/mol. The number of likely N-dealkylation sites (tertiary alicyclic amines) is 1. The fraction of sp³-hybridized carbons (Fsp3) is 0.588. The maximum absolute atomic E-state index is 13.0. The minimum atomic E-state index is -0.196. The highest BCUT2D eigenvalue weighted by atomic mass is 19.1. The van der Waals surface area contributed by atoms with Crippen LogP contribution in [0.5, 0.6) is 0 Å². The van der Waals surface area contributed by atoms with Crippen molar-refractivity contribution in [3.63, 3.8) is 0 Å². The van der Waals surface area contributed by atoms with Crippen LogP contribution >= 0.6 is 0 Å². The number of hydrogen-bond donors (Lipinski definition) is 1. The Balaban J connectivity index is 1.78. The SMILES string of the molecule is Cc1cc(F)ccc1CCNC(C)C(=O)N1CCCCC1. The summed E-state index contributed by atoms with van der Waals surface area (Å²) in [6.07, 6.45) is 4.28. The Morgan fingerprint density at radius 3 is 2.71 bits per heavy atom. The van der Waals surface area contributed by atoms with E-state index in [4.69, 9.17) is 0 Å². The quantitative estimate of drug-likeness (QED) is 0.905. The molecule has 21 heavy (non-hydrogen) atoms. The lowest BCUT2D eigenvalue weighted by Crippen LogP contribution is -2.47. The third kappa shape index (κ3) is 4.53. The van der Waals surface area contributed by atoms with E-state index in [1.54, 1.807) is 6.07 Å². The van der Waals surface area contributed by atoms with E-state index in [0.29, 0.717) is 0 Å². The number of rotatable bonds is 5. The number of halogens is 1. The number of hydrogen-bond acceptors (Lipinski definition) is 2. The smallest absolute Gasteiger partial charge is 0.239 e. The molecule has 0 radical (unpaired) electrons. The van der Waals surface area contributed by atoms with Gasteiger partial charge in [0.1, 0.15) is 5.82 Å². The van der Waals surface area contributed by atoms with Crippen LogP contribution in [0.2, 0.25) is 0 Å². The van der Waals surface area contributed by atoms with Crippen LogP contribution in [-0.2, 0) is 11.2 Å². The summed E-state index contributed by atoms with van der Waals surface area (Å²) in [7, 11) is 0. The molecule has 1 aromatic rings. The fourth-order valence-corrected chi connectivity index (χ4v) is 2.84. The molecule has 0 aliphatic carbocycles. The second-order valence-corrected chi connectivity index (χ2v) is 5.88. The summed E-state index contributed by atoms with van der Waals surface area (Å²) in [5.41, 5.74) is 2.09. The Kier molecular flexibility index (Phi) is 5.74. The molecule has 1 atom stereocenters. The van der Waals surface area contributed by atoms with E-state index >= 15 is 0 Å². The molecule has 4 heteroatoms. The summed E-state index contributed by atoms with van der Waals surface area (Å²) in [6, 6.07) is 4.72. The lowest BCUT2D eigenvalue weighted by atomic mass is 10.1. The molecule has 0 bridgehead atoms. The first-order valence-corrected chi connectivity index (χ1v) is 7.85. The maximum Gasteiger partial charge on any atom is 0.239 e. The molecule has 1 aliphatic rings. The van der Waals surface area contributed by atoms with Crippen molar-refractivity contribution < 1.29 is 9.18 Å². The lowest BCUT2D eigenvalue weighted by Gasteiger charge is -2.29. The lowest BCUT2D eigenvalue weighted by molar-refractivity contribution is -0.133. The number of carbonyl (C=O) groups excluding carboxylic acids is 1. The first-order valence-electron chi connectivity index (χ1n) is 7.85. The molecule has 1 heterocycles. The molecule has 1 N–H and O–H groups in total. The molecule has 3 nitrogen and oxygen atoms in total. The molecule has 1 unspecified atom stereocenters. The van der Waals surface area contributed by atoms with E-state index in [-0.39, 0.29) is 17.8 Å². The second-order valence-electron chi connectivity index (χ2n) is 5.88. The van der Waals surface area contributed by atoms with Crippen molar-refractivity contribution in [1.82, 2.24) is 10.2 Å². The highest BCUT2D eigenvalue weighted by Gasteiger charge is 2.21. The molecule has 0 aromatic heterocycles. The van der Waals surface area contributed by atoms with Crippen LogP contribution < -0.4 is 5.32 Å². The zero-order valence-electron chi connectivity index (χ0n) is 13.0. The van der Waals surface area contributed by atoms with Gasteiger partial charge in [-0.3, -0.25) is 4.79 Å². The third-order valence-corrected chi connectivity index (χ3v) is 4.19. The van der Waals surface area contributed by atoms with Crippen molar-refractivity contribution in [1.29, 1.82) is 0 Å². The Labute approximate surface area is 126 Å². The number of amides is 1. The molecule has 0 spiro atoms. The van der Waals surface area contributed by atoms with Gasteiger partial charge in [0, 0.05) is 13.1 Å². The summed E-state index contributed by atoms with van der Waals surface area (Å²) in [5.74, 6) is 0.00313. The zero-order chi connectivity index (χ0) is 15.2. The number of benzene rings is 1. The normalized spacial score (nSPS) is 16.8. The topological polar surface area (TPSA) is 32.3 Å². The van der Waals surface area contributed by atoms with Gasteiger partial charge in [-0.15, -0.1) is 0 Å². The number of carbonyl (C=O) groups is 1. The Morgan fingerprint density at radius 2 is 2.05 bits per heavy atom. The van der Waals surface area contributed by atoms with Gasteiger partial charge in [0.2, 0.25) is 5.91 Å². The second kappa shape index (κ2) is 7.55. The van der Waals surface area contributed by atoms with Crippen LogP contribution in [-0.4, -0.2) is 36.5 Å². The predicted octanol–water partition coefficient (Wildman–Crippen LogP) is 2.67. The van der Waals surface area contributed by atoms with Crippen molar-refractivity contribution in [2.24, 2.45) is 0 Å². The highest BCUT2D eigenvalue weighted by Crippen LogP contribution is 2.11. The summed E-state index contributed by atoms with van der Waals surface area (Å²) < 4.78 is 13.0. The van der Waals surface area contributed by atoms with Crippen molar-refractivity contribution in [3.05, 3.63) is 35.1 Å². The number of aryl methyl sites for hydroxylation is 1. The number of nitrogens with zero attached hydrogens (tertiary/aromatic N) is 1. The van der Waals surface area contributed by atoms with E-state index in [9.17, 15) is 9.18 Å². The molecule has 0 saturated carbocycles. The highest BCUT2D eigenvalue weighted by molar-refractivity contribution is 5.81. The summed E-state index contributed by atoms with van der Waals surface area (Å²) in [4.78, 5) is 14.2. The first kappa shape index (κ1) is 16.0. The molecule has 1 fully saturated rings. The minimum absolute atomic E-state index is 0.149. The fourth-order valence-electron chi connectivity index (χ4n) is 2.84. The van der Waals surface area contributed by atoms with Crippen LogP contribution in [0.3, 0.4) is 0 Å². The molecule has 1 amide bonds. The van der Waals surface area contributed by atoms with Crippen molar-refractivity contribution in [3.8, 4) is 0 Å². The van der Waals surface area contributed by atoms with Crippen LogP contribution in [0.25, 0.3) is 0 Å². The van der Waals surface area contributed by atoms with Crippen LogP contribution in [0.15, 0.2) is 18.2 Å². The van der Waals surface area contributed by atoms with E-state index in [1.807, 2.05) is 24.8 Å². The summed E-state index contributed by atoms with van der Waals surface area (Å²) in [5, 5.41) is 3.29. The Bertz CT molecular complexity index is 484. The zero-order valence-corrected chi connectivity index (χ0v) is 13.0. The van der Waals surface area contributed by atoms with Gasteiger partial charge in [-0.1, -0.05) is 6.07 Å². The maximum atomic E-state index is 13.0. The minimum Gasteiger partial charge on any atom is -0.341 e. The van der Waals surface area contributed by atoms with Crippen LogP contribution in [0, 0.1) is 12.7 Å². The molecular formula is C17H25FN2O. The molecule has 1 aromatic carbocycles. The van der Waals surface area contributed by atoms with Gasteiger partial charge in [0.25, 0.3) is 0 Å². The van der Waals surface area contributed by atoms with E-state index in [1.165, 1.54) is 12.5 Å². The molecule has 116 valence electrons. The van der Waals surface area contributed by atoms with Crippen molar-refractivity contribution in [2.45, 2.75) is 45.6 Å². The Morgan fingerprint density at radius 1 is 1.33 bits per heavy atom. The van der Waals surface area contributed by atoms with Gasteiger partial charge >= 0.3 is 0 Å². The van der Waals surface area contributed by atoms with Gasteiger partial charge < -0.3 is 10.2 Å². The first-order chi connectivity index (χ1) is 10.1. The van der Waals surface area contributed by atoms with Gasteiger partial charge in [-0.25, -0.2) is 4.39 Å². The van der Waals surface area contributed by atoms with Crippen molar-refractivity contribution in [2.75, 3.05) is 19.6 Å². The van der Waals surface area contributed by atoms with E-state index < -0.39 is 0 Å². The van der Waals surface area contributed by atoms with Gasteiger partial charge in [0.15, 0.2) is 0 Å². The summed E-state index contributed by atoms with van der Waals surface area (Å²) >= 11 is 0. The van der Waals surface area contributed by atoms with Crippen LogP contribution in [0.4, 0.5) is 4.39 Å². The molecule has 1 aliphatic heterocycles. The average Bonchev–Trinajstić information content (AvgIpc) is 2.49. The standard InChI is InChI=1S/C17H25FN2O/c1-13-12-16(18)7-6-15(13)8-9-19-14(2)17(21)20-10-4-3-5-11-20/h6-7,12,14,19H,3-5,8-11H2,1-2H3. The van der Waals surface area contributed by atoms with E-state index in [2.05, 4.69) is 5.32 Å². The van der Waals surface area contributed by atoms with Gasteiger partial charge in [-0.05, 0) is 69.3 Å². The Hall–Kier alpha value is -1.42. The van der Waals surface area contributed by atoms with Gasteiger partial charge in [0.05, 0.1) is 6.04 Å². The van der Waals surface area contributed by atoms with Crippen LogP contribution in [0.1, 0.15) is 37.3 Å². The summed E-state index contributed by atoms with van der Waals surface area (Å²) in [6.45, 7) is 6.35. The molecular weight excluding hydrogens is 267 g/mol. The largest absolute Gasteiger partial charge is 0.341 e. The molecule has 2 rings (SSSR count).